The van der Waals surface area contributed by atoms with E-state index in [2.05, 4.69) is 16.5 Å². The first-order valence-corrected chi connectivity index (χ1v) is 8.67. The number of nitrogens with zero attached hydrogens (tertiary/aromatic N) is 1. The van der Waals surface area contributed by atoms with E-state index in [1.54, 1.807) is 0 Å². The first-order chi connectivity index (χ1) is 9.79. The second-order valence-electron chi connectivity index (χ2n) is 5.19. The molecule has 0 fully saturated rings. The largest absolute Gasteiger partial charge is 0.244 e. The van der Waals surface area contributed by atoms with Crippen LogP contribution in [0, 0.1) is 0 Å². The van der Waals surface area contributed by atoms with Crippen molar-refractivity contribution >= 4 is 9.73 Å². The maximum atomic E-state index is 13.4. The van der Waals surface area contributed by atoms with Gasteiger partial charge in [0.2, 0.25) is 0 Å². The van der Waals surface area contributed by atoms with Crippen molar-refractivity contribution in [3.05, 3.63) is 66.2 Å². The van der Waals surface area contributed by atoms with E-state index in [-0.39, 0.29) is 5.25 Å². The van der Waals surface area contributed by atoms with Crippen molar-refractivity contribution in [3.63, 3.8) is 0 Å². The van der Waals surface area contributed by atoms with Gasteiger partial charge in [-0.3, -0.25) is 0 Å². The standard InChI is InChI=1S/C17H19NOS/c19-20(16-10-5-2-6-11-16)17(12-7-13-18-20)14-15-8-3-1-4-9-15/h1-6,8-11,17H,7,12-14H2/t17-,20?/m1/s1. The molecule has 0 bridgehead atoms. The molecule has 0 N–H and O–H groups in total. The minimum atomic E-state index is -2.28. The average Bonchev–Trinajstić information content (AvgIpc) is 2.52. The molecule has 0 radical (unpaired) electrons. The van der Waals surface area contributed by atoms with E-state index in [4.69, 9.17) is 0 Å². The number of hydrogen-bond donors (Lipinski definition) is 0. The predicted octanol–water partition coefficient (Wildman–Crippen LogP) is 3.92. The molecule has 3 rings (SSSR count). The minimum absolute atomic E-state index is 0.126. The Kier molecular flexibility index (Phi) is 3.88. The summed E-state index contributed by atoms with van der Waals surface area (Å²) in [4.78, 5) is 0.889. The highest BCUT2D eigenvalue weighted by atomic mass is 32.2. The van der Waals surface area contributed by atoms with E-state index >= 15 is 0 Å². The van der Waals surface area contributed by atoms with Crippen molar-refractivity contribution in [3.8, 4) is 0 Å². The van der Waals surface area contributed by atoms with Crippen LogP contribution in [0.2, 0.25) is 0 Å². The topological polar surface area (TPSA) is 29.4 Å². The molecular weight excluding hydrogens is 266 g/mol. The maximum absolute atomic E-state index is 13.4. The third-order valence-electron chi connectivity index (χ3n) is 3.81. The zero-order chi connectivity index (χ0) is 13.8. The highest BCUT2D eigenvalue weighted by Gasteiger charge is 2.27. The lowest BCUT2D eigenvalue weighted by atomic mass is 10.1. The zero-order valence-electron chi connectivity index (χ0n) is 11.4. The lowest BCUT2D eigenvalue weighted by Gasteiger charge is -2.25. The van der Waals surface area contributed by atoms with Crippen molar-refractivity contribution in [2.75, 3.05) is 6.54 Å². The SMILES string of the molecule is O=S1(c2ccccc2)=NCCC[C@@H]1Cc1ccccc1. The Balaban J connectivity index is 1.96. The average molecular weight is 285 g/mol. The van der Waals surface area contributed by atoms with Crippen LogP contribution < -0.4 is 0 Å². The molecule has 1 aliphatic heterocycles. The van der Waals surface area contributed by atoms with Gasteiger partial charge in [0.1, 0.15) is 0 Å². The first kappa shape index (κ1) is 13.4. The quantitative estimate of drug-likeness (QED) is 0.840. The Bertz CT molecular complexity index is 673. The Morgan fingerprint density at radius 3 is 2.35 bits per heavy atom. The van der Waals surface area contributed by atoms with Crippen LogP contribution in [0.1, 0.15) is 18.4 Å². The van der Waals surface area contributed by atoms with Crippen LogP contribution in [0.15, 0.2) is 69.9 Å². The van der Waals surface area contributed by atoms with E-state index in [0.717, 1.165) is 30.7 Å². The zero-order valence-corrected chi connectivity index (χ0v) is 12.3. The maximum Gasteiger partial charge on any atom is 0.0784 e. The molecule has 20 heavy (non-hydrogen) atoms. The lowest BCUT2D eigenvalue weighted by molar-refractivity contribution is 0.612. The summed E-state index contributed by atoms with van der Waals surface area (Å²) in [5, 5.41) is 0.126. The van der Waals surface area contributed by atoms with Gasteiger partial charge in [0.05, 0.1) is 15.0 Å². The summed E-state index contributed by atoms with van der Waals surface area (Å²) in [6.07, 6.45) is 2.88. The molecule has 2 aromatic rings. The fourth-order valence-corrected chi connectivity index (χ4v) is 5.36. The third-order valence-corrected chi connectivity index (χ3v) is 6.63. The van der Waals surface area contributed by atoms with Gasteiger partial charge in [-0.2, -0.15) is 0 Å². The van der Waals surface area contributed by atoms with Crippen LogP contribution in [-0.2, 0) is 16.1 Å². The van der Waals surface area contributed by atoms with E-state index in [9.17, 15) is 4.21 Å². The van der Waals surface area contributed by atoms with Crippen molar-refractivity contribution in [2.45, 2.75) is 29.4 Å². The Morgan fingerprint density at radius 2 is 1.65 bits per heavy atom. The van der Waals surface area contributed by atoms with E-state index in [0.29, 0.717) is 0 Å². The van der Waals surface area contributed by atoms with Gasteiger partial charge in [0, 0.05) is 11.4 Å². The predicted molar refractivity (Wildman–Crippen MR) is 83.3 cm³/mol. The van der Waals surface area contributed by atoms with Crippen LogP contribution in [-0.4, -0.2) is 16.0 Å². The minimum Gasteiger partial charge on any atom is -0.244 e. The monoisotopic (exact) mass is 285 g/mol. The van der Waals surface area contributed by atoms with Crippen LogP contribution in [0.25, 0.3) is 0 Å². The number of hydrogen-bond acceptors (Lipinski definition) is 2. The van der Waals surface area contributed by atoms with Crippen LogP contribution in [0.5, 0.6) is 0 Å². The van der Waals surface area contributed by atoms with Crippen LogP contribution in [0.3, 0.4) is 0 Å². The van der Waals surface area contributed by atoms with Crippen LogP contribution >= 0.6 is 0 Å². The summed E-state index contributed by atoms with van der Waals surface area (Å²) in [7, 11) is -2.28. The van der Waals surface area contributed by atoms with Gasteiger partial charge in [0.15, 0.2) is 0 Å². The Hall–Kier alpha value is -1.61. The van der Waals surface area contributed by atoms with Gasteiger partial charge >= 0.3 is 0 Å². The highest BCUT2D eigenvalue weighted by molar-refractivity contribution is 7.94. The summed E-state index contributed by atoms with van der Waals surface area (Å²) in [5.41, 5.74) is 1.25. The molecule has 2 aromatic carbocycles. The summed E-state index contributed by atoms with van der Waals surface area (Å²) < 4.78 is 17.9. The first-order valence-electron chi connectivity index (χ1n) is 7.10. The number of benzene rings is 2. The fraction of sp³-hybridized carbons (Fsp3) is 0.294. The molecule has 0 amide bonds. The molecule has 2 nitrogen and oxygen atoms in total. The van der Waals surface area contributed by atoms with Crippen LogP contribution in [0.4, 0.5) is 0 Å². The van der Waals surface area contributed by atoms with Gasteiger partial charge in [-0.05, 0) is 37.0 Å². The second-order valence-corrected chi connectivity index (χ2v) is 7.72. The molecule has 1 heterocycles. The molecule has 2 atom stereocenters. The molecule has 1 unspecified atom stereocenters. The molecule has 0 spiro atoms. The van der Waals surface area contributed by atoms with Crippen molar-refractivity contribution in [1.82, 2.24) is 0 Å². The number of rotatable bonds is 3. The normalized spacial score (nSPS) is 25.9. The summed E-state index contributed by atoms with van der Waals surface area (Å²) in [5.74, 6) is 0. The van der Waals surface area contributed by atoms with Gasteiger partial charge in [-0.15, -0.1) is 0 Å². The van der Waals surface area contributed by atoms with Gasteiger partial charge in [0.25, 0.3) is 0 Å². The molecule has 3 heteroatoms. The van der Waals surface area contributed by atoms with Crippen molar-refractivity contribution in [1.29, 1.82) is 0 Å². The van der Waals surface area contributed by atoms with Crippen molar-refractivity contribution in [2.24, 2.45) is 4.36 Å². The molecule has 0 aliphatic carbocycles. The molecule has 0 saturated heterocycles. The highest BCUT2D eigenvalue weighted by Crippen LogP contribution is 2.28. The van der Waals surface area contributed by atoms with E-state index in [1.165, 1.54) is 5.56 Å². The molecule has 104 valence electrons. The van der Waals surface area contributed by atoms with Crippen molar-refractivity contribution < 1.29 is 4.21 Å². The summed E-state index contributed by atoms with van der Waals surface area (Å²) in [6.45, 7) is 0.721. The molecule has 1 aliphatic rings. The van der Waals surface area contributed by atoms with E-state index < -0.39 is 9.73 Å². The Labute approximate surface area is 121 Å². The lowest BCUT2D eigenvalue weighted by Crippen LogP contribution is -2.27. The second kappa shape index (κ2) is 5.80. The van der Waals surface area contributed by atoms with Gasteiger partial charge in [-0.1, -0.05) is 48.5 Å². The Morgan fingerprint density at radius 1 is 1.00 bits per heavy atom. The third kappa shape index (κ3) is 2.63. The molecule has 0 saturated carbocycles. The van der Waals surface area contributed by atoms with Gasteiger partial charge in [-0.25, -0.2) is 8.57 Å². The summed E-state index contributed by atoms with van der Waals surface area (Å²) in [6, 6.07) is 20.1. The summed E-state index contributed by atoms with van der Waals surface area (Å²) >= 11 is 0. The van der Waals surface area contributed by atoms with Gasteiger partial charge < -0.3 is 0 Å². The smallest absolute Gasteiger partial charge is 0.0784 e. The molecular formula is C17H19NOS. The van der Waals surface area contributed by atoms with E-state index in [1.807, 2.05) is 48.5 Å². The fourth-order valence-electron chi connectivity index (χ4n) is 2.76. The molecule has 0 aromatic heterocycles.